The van der Waals surface area contributed by atoms with Gasteiger partial charge in [-0.25, -0.2) is 0 Å². The first-order valence-corrected chi connectivity index (χ1v) is 5.94. The lowest BCUT2D eigenvalue weighted by atomic mass is 10.2. The van der Waals surface area contributed by atoms with Gasteiger partial charge in [0.25, 0.3) is 11.6 Å². The van der Waals surface area contributed by atoms with Crippen molar-refractivity contribution in [2.45, 2.75) is 6.54 Å². The van der Waals surface area contributed by atoms with E-state index in [0.717, 1.165) is 6.07 Å². The maximum absolute atomic E-state index is 11.9. The summed E-state index contributed by atoms with van der Waals surface area (Å²) in [7, 11) is 0. The SMILES string of the molecule is O=C(NCc1cccnn1)c1ccc(Cl)c([N+](=O)[O-])c1. The molecule has 0 saturated heterocycles. The Morgan fingerprint density at radius 3 is 2.85 bits per heavy atom. The number of nitrogens with one attached hydrogen (secondary N) is 1. The lowest BCUT2D eigenvalue weighted by Gasteiger charge is -2.04. The molecule has 0 bridgehead atoms. The Morgan fingerprint density at radius 1 is 1.40 bits per heavy atom. The molecule has 2 rings (SSSR count). The van der Waals surface area contributed by atoms with Crippen molar-refractivity contribution in [3.05, 3.63) is 62.9 Å². The average molecular weight is 293 g/mol. The predicted molar refractivity (Wildman–Crippen MR) is 71.3 cm³/mol. The van der Waals surface area contributed by atoms with E-state index in [1.807, 2.05) is 0 Å². The molecule has 0 fully saturated rings. The van der Waals surface area contributed by atoms with Crippen LogP contribution in [0.25, 0.3) is 0 Å². The zero-order valence-corrected chi connectivity index (χ0v) is 10.9. The lowest BCUT2D eigenvalue weighted by molar-refractivity contribution is -0.384. The number of nitrogens with zero attached hydrogens (tertiary/aromatic N) is 3. The minimum atomic E-state index is -0.637. The van der Waals surface area contributed by atoms with Gasteiger partial charge in [-0.1, -0.05) is 11.6 Å². The van der Waals surface area contributed by atoms with E-state index in [2.05, 4.69) is 15.5 Å². The van der Waals surface area contributed by atoms with Crippen LogP contribution in [0.4, 0.5) is 5.69 Å². The van der Waals surface area contributed by atoms with Gasteiger partial charge in [-0.15, -0.1) is 0 Å². The minimum Gasteiger partial charge on any atom is -0.346 e. The van der Waals surface area contributed by atoms with E-state index in [1.54, 1.807) is 12.1 Å². The second-order valence-corrected chi connectivity index (χ2v) is 4.23. The predicted octanol–water partition coefficient (Wildman–Crippen LogP) is 1.97. The Morgan fingerprint density at radius 2 is 2.20 bits per heavy atom. The highest BCUT2D eigenvalue weighted by Crippen LogP contribution is 2.24. The Bertz CT molecular complexity index is 648. The van der Waals surface area contributed by atoms with Crippen molar-refractivity contribution in [2.75, 3.05) is 0 Å². The molecule has 0 aliphatic carbocycles. The van der Waals surface area contributed by atoms with Gasteiger partial charge in [0.05, 0.1) is 17.2 Å². The number of nitro groups is 1. The second-order valence-electron chi connectivity index (χ2n) is 3.82. The molecule has 102 valence electrons. The summed E-state index contributed by atoms with van der Waals surface area (Å²) in [5.74, 6) is -0.449. The van der Waals surface area contributed by atoms with Gasteiger partial charge < -0.3 is 5.32 Å². The number of amides is 1. The fraction of sp³-hybridized carbons (Fsp3) is 0.0833. The van der Waals surface area contributed by atoms with Gasteiger partial charge >= 0.3 is 0 Å². The third-order valence-electron chi connectivity index (χ3n) is 2.46. The fourth-order valence-electron chi connectivity index (χ4n) is 1.49. The zero-order chi connectivity index (χ0) is 14.5. The summed E-state index contributed by atoms with van der Waals surface area (Å²) >= 11 is 5.68. The first-order chi connectivity index (χ1) is 9.58. The van der Waals surface area contributed by atoms with Crippen molar-refractivity contribution in [3.63, 3.8) is 0 Å². The maximum atomic E-state index is 11.9. The van der Waals surface area contributed by atoms with Gasteiger partial charge in [-0.2, -0.15) is 10.2 Å². The van der Waals surface area contributed by atoms with Crippen LogP contribution in [0.3, 0.4) is 0 Å². The lowest BCUT2D eigenvalue weighted by Crippen LogP contribution is -2.23. The average Bonchev–Trinajstić information content (AvgIpc) is 2.46. The summed E-state index contributed by atoms with van der Waals surface area (Å²) in [6.07, 6.45) is 1.52. The molecule has 1 amide bonds. The number of nitro benzene ring substituents is 1. The van der Waals surface area contributed by atoms with E-state index in [9.17, 15) is 14.9 Å². The molecule has 1 heterocycles. The molecule has 1 aromatic heterocycles. The Labute approximate surface area is 118 Å². The number of aromatic nitrogens is 2. The smallest absolute Gasteiger partial charge is 0.288 e. The molecule has 0 spiro atoms. The number of carbonyl (C=O) groups is 1. The van der Waals surface area contributed by atoms with E-state index >= 15 is 0 Å². The molecule has 0 unspecified atom stereocenters. The first kappa shape index (κ1) is 13.9. The Balaban J connectivity index is 2.10. The van der Waals surface area contributed by atoms with Crippen molar-refractivity contribution in [1.82, 2.24) is 15.5 Å². The quantitative estimate of drug-likeness (QED) is 0.686. The molecule has 0 saturated carbocycles. The summed E-state index contributed by atoms with van der Waals surface area (Å²) in [5, 5.41) is 20.8. The molecule has 0 radical (unpaired) electrons. The standard InChI is InChI=1S/C12H9ClN4O3/c13-10-4-3-8(6-11(10)17(19)20)12(18)14-7-9-2-1-5-15-16-9/h1-6H,7H2,(H,14,18). The molecule has 20 heavy (non-hydrogen) atoms. The van der Waals surface area contributed by atoms with E-state index < -0.39 is 10.8 Å². The Hall–Kier alpha value is -2.54. The first-order valence-electron chi connectivity index (χ1n) is 5.56. The molecule has 0 atom stereocenters. The molecule has 0 aliphatic rings. The Kier molecular flexibility index (Phi) is 4.21. The van der Waals surface area contributed by atoms with Crippen LogP contribution in [0.2, 0.25) is 5.02 Å². The van der Waals surface area contributed by atoms with E-state index in [-0.39, 0.29) is 22.8 Å². The van der Waals surface area contributed by atoms with Gasteiger partial charge in [0, 0.05) is 17.8 Å². The van der Waals surface area contributed by atoms with Gasteiger partial charge in [-0.05, 0) is 24.3 Å². The summed E-state index contributed by atoms with van der Waals surface area (Å²) in [6.45, 7) is 0.184. The van der Waals surface area contributed by atoms with Crippen LogP contribution in [0.5, 0.6) is 0 Å². The third kappa shape index (κ3) is 3.27. The van der Waals surface area contributed by atoms with Crippen molar-refractivity contribution in [1.29, 1.82) is 0 Å². The summed E-state index contributed by atoms with van der Waals surface area (Å²) in [4.78, 5) is 22.0. The van der Waals surface area contributed by atoms with Gasteiger partial charge in [0.2, 0.25) is 0 Å². The molecule has 1 N–H and O–H groups in total. The fourth-order valence-corrected chi connectivity index (χ4v) is 1.68. The van der Waals surface area contributed by atoms with Gasteiger partial charge in [0.1, 0.15) is 5.02 Å². The van der Waals surface area contributed by atoms with Crippen LogP contribution < -0.4 is 5.32 Å². The monoisotopic (exact) mass is 292 g/mol. The largest absolute Gasteiger partial charge is 0.346 e. The van der Waals surface area contributed by atoms with Gasteiger partial charge in [0.15, 0.2) is 0 Å². The molecule has 0 aliphatic heterocycles. The van der Waals surface area contributed by atoms with Crippen LogP contribution >= 0.6 is 11.6 Å². The van der Waals surface area contributed by atoms with Crippen molar-refractivity contribution in [3.8, 4) is 0 Å². The highest BCUT2D eigenvalue weighted by atomic mass is 35.5. The van der Waals surface area contributed by atoms with E-state index in [4.69, 9.17) is 11.6 Å². The number of carbonyl (C=O) groups excluding carboxylic acids is 1. The van der Waals surface area contributed by atoms with Crippen LogP contribution in [0, 0.1) is 10.1 Å². The molecule has 7 nitrogen and oxygen atoms in total. The van der Waals surface area contributed by atoms with Crippen LogP contribution in [0.15, 0.2) is 36.5 Å². The zero-order valence-electron chi connectivity index (χ0n) is 10.1. The minimum absolute atomic E-state index is 0.0134. The molecule has 8 heteroatoms. The van der Waals surface area contributed by atoms with Crippen LogP contribution in [-0.4, -0.2) is 21.0 Å². The molecular weight excluding hydrogens is 284 g/mol. The maximum Gasteiger partial charge on any atom is 0.288 e. The number of hydrogen-bond acceptors (Lipinski definition) is 5. The number of halogens is 1. The topological polar surface area (TPSA) is 98.0 Å². The summed E-state index contributed by atoms with van der Waals surface area (Å²) < 4.78 is 0. The normalized spacial score (nSPS) is 10.1. The van der Waals surface area contributed by atoms with Crippen molar-refractivity contribution in [2.24, 2.45) is 0 Å². The van der Waals surface area contributed by atoms with Crippen LogP contribution in [0.1, 0.15) is 16.1 Å². The highest BCUT2D eigenvalue weighted by molar-refractivity contribution is 6.32. The van der Waals surface area contributed by atoms with E-state index in [0.29, 0.717) is 5.69 Å². The van der Waals surface area contributed by atoms with E-state index in [1.165, 1.54) is 18.3 Å². The number of rotatable bonds is 4. The highest BCUT2D eigenvalue weighted by Gasteiger charge is 2.16. The van der Waals surface area contributed by atoms with Crippen molar-refractivity contribution < 1.29 is 9.72 Å². The molecule has 1 aromatic carbocycles. The van der Waals surface area contributed by atoms with Crippen molar-refractivity contribution >= 4 is 23.2 Å². The second kappa shape index (κ2) is 6.07. The number of hydrogen-bond donors (Lipinski definition) is 1. The number of benzene rings is 1. The molecule has 2 aromatic rings. The van der Waals surface area contributed by atoms with Crippen LogP contribution in [-0.2, 0) is 6.54 Å². The summed E-state index contributed by atoms with van der Waals surface area (Å²) in [5.41, 5.74) is 0.438. The molecular formula is C12H9ClN4O3. The third-order valence-corrected chi connectivity index (χ3v) is 2.78. The summed E-state index contributed by atoms with van der Waals surface area (Å²) in [6, 6.07) is 7.27. The van der Waals surface area contributed by atoms with Gasteiger partial charge in [-0.3, -0.25) is 14.9 Å².